The molecule has 9 heteroatoms. The zero-order chi connectivity index (χ0) is 21.5. The average molecular weight is 602 g/mol. The zero-order valence-corrected chi connectivity index (χ0v) is 23.7. The van der Waals surface area contributed by atoms with E-state index in [9.17, 15) is 0 Å². The summed E-state index contributed by atoms with van der Waals surface area (Å²) >= 11 is 3.77. The van der Waals surface area contributed by atoms with Crippen LogP contribution in [-0.4, -0.2) is 62.3 Å². The van der Waals surface area contributed by atoms with Crippen LogP contribution in [-0.2, 0) is 6.42 Å². The van der Waals surface area contributed by atoms with Crippen molar-refractivity contribution in [2.45, 2.75) is 50.1 Å². The van der Waals surface area contributed by atoms with Gasteiger partial charge < -0.3 is 4.90 Å². The smallest absolute Gasteiger partial charge is 0.128 e. The van der Waals surface area contributed by atoms with Crippen molar-refractivity contribution in [2.24, 2.45) is 4.99 Å². The Hall–Kier alpha value is -1.15. The van der Waals surface area contributed by atoms with Gasteiger partial charge in [0.05, 0.1) is 0 Å². The fourth-order valence-electron chi connectivity index (χ4n) is 6.18. The molecule has 4 aliphatic heterocycles. The predicted octanol–water partition coefficient (Wildman–Crippen LogP) is 5.88. The summed E-state index contributed by atoms with van der Waals surface area (Å²) in [4.78, 5) is 11.7. The first-order valence-electron chi connectivity index (χ1n) is 12.0. The quantitative estimate of drug-likeness (QED) is 0.432. The van der Waals surface area contributed by atoms with E-state index in [0.717, 1.165) is 36.6 Å². The van der Waals surface area contributed by atoms with Gasteiger partial charge in [0, 0.05) is 55.9 Å². The normalized spacial score (nSPS) is 26.3. The Morgan fingerprint density at radius 1 is 1.00 bits per heavy atom. The number of halogens is 4. The SMILES string of the molecule is BrC1=NC=CC23C(=CCC=C12)C(Cc1cccnc1)=CN3N1CCC(N2CCCC2)CC1.Cl.Cl.Cl. The van der Waals surface area contributed by atoms with E-state index in [2.05, 4.69) is 71.3 Å². The molecule has 0 aromatic carbocycles. The van der Waals surface area contributed by atoms with Crippen LogP contribution in [0.25, 0.3) is 0 Å². The fourth-order valence-corrected chi connectivity index (χ4v) is 6.76. The van der Waals surface area contributed by atoms with Crippen LogP contribution in [0, 0.1) is 0 Å². The average Bonchev–Trinajstić information content (AvgIpc) is 3.47. The molecular weight excluding hydrogens is 569 g/mol. The maximum atomic E-state index is 4.59. The Bertz CT molecular complexity index is 1040. The van der Waals surface area contributed by atoms with Crippen LogP contribution in [0.1, 0.15) is 37.7 Å². The molecule has 2 fully saturated rings. The summed E-state index contributed by atoms with van der Waals surface area (Å²) in [5.74, 6) is 0. The molecule has 5 aliphatic rings. The number of aliphatic imine (C=N–C) groups is 1. The molecule has 5 heterocycles. The van der Waals surface area contributed by atoms with Gasteiger partial charge in [-0.1, -0.05) is 18.2 Å². The van der Waals surface area contributed by atoms with Crippen molar-refractivity contribution in [1.82, 2.24) is 19.9 Å². The Labute approximate surface area is 235 Å². The number of aromatic nitrogens is 1. The number of rotatable bonds is 4. The monoisotopic (exact) mass is 599 g/mol. The van der Waals surface area contributed by atoms with Gasteiger partial charge in [0.1, 0.15) is 10.2 Å². The minimum Gasteiger partial charge on any atom is -0.300 e. The van der Waals surface area contributed by atoms with E-state index in [4.69, 9.17) is 0 Å². The third-order valence-electron chi connectivity index (χ3n) is 7.70. The second-order valence-corrected chi connectivity index (χ2v) is 10.2. The molecule has 190 valence electrons. The first-order chi connectivity index (χ1) is 15.8. The Morgan fingerprint density at radius 2 is 1.74 bits per heavy atom. The molecular formula is C26H33BrCl3N5. The van der Waals surface area contributed by atoms with Crippen molar-refractivity contribution >= 4 is 57.8 Å². The molecule has 0 N–H and O–H groups in total. The fraction of sp³-hybridized carbons (Fsp3) is 0.462. The van der Waals surface area contributed by atoms with Crippen LogP contribution in [0.3, 0.4) is 0 Å². The second kappa shape index (κ2) is 11.9. The third kappa shape index (κ3) is 5.03. The van der Waals surface area contributed by atoms with Gasteiger partial charge in [0.15, 0.2) is 0 Å². The maximum Gasteiger partial charge on any atom is 0.128 e. The predicted molar refractivity (Wildman–Crippen MR) is 154 cm³/mol. The number of hydrogen-bond donors (Lipinski definition) is 0. The number of pyridine rings is 1. The molecule has 1 aromatic rings. The Morgan fingerprint density at radius 3 is 2.46 bits per heavy atom. The molecule has 0 bridgehead atoms. The topological polar surface area (TPSA) is 35.0 Å². The van der Waals surface area contributed by atoms with Crippen molar-refractivity contribution in [3.05, 3.63) is 77.4 Å². The molecule has 1 aliphatic carbocycles. The van der Waals surface area contributed by atoms with Crippen LogP contribution in [0.4, 0.5) is 0 Å². The third-order valence-corrected chi connectivity index (χ3v) is 8.33. The van der Waals surface area contributed by atoms with Crippen LogP contribution in [0.15, 0.2) is 76.9 Å². The van der Waals surface area contributed by atoms with Gasteiger partial charge in [-0.05, 0) is 90.0 Å². The van der Waals surface area contributed by atoms with Gasteiger partial charge in [-0.15, -0.1) is 37.2 Å². The number of likely N-dealkylation sites (tertiary alicyclic amines) is 1. The highest BCUT2D eigenvalue weighted by Crippen LogP contribution is 2.50. The molecule has 1 aromatic heterocycles. The van der Waals surface area contributed by atoms with E-state index in [-0.39, 0.29) is 42.8 Å². The van der Waals surface area contributed by atoms with E-state index < -0.39 is 0 Å². The van der Waals surface area contributed by atoms with Crippen LogP contribution in [0.2, 0.25) is 0 Å². The van der Waals surface area contributed by atoms with Gasteiger partial charge in [0.2, 0.25) is 0 Å². The number of nitrogens with zero attached hydrogens (tertiary/aromatic N) is 5. The summed E-state index contributed by atoms with van der Waals surface area (Å²) in [5, 5.41) is 5.12. The van der Waals surface area contributed by atoms with E-state index in [1.807, 2.05) is 24.7 Å². The lowest BCUT2D eigenvalue weighted by molar-refractivity contribution is -0.0430. The zero-order valence-electron chi connectivity index (χ0n) is 19.7. The van der Waals surface area contributed by atoms with E-state index >= 15 is 0 Å². The minimum absolute atomic E-state index is 0. The molecule has 0 saturated carbocycles. The van der Waals surface area contributed by atoms with E-state index in [0.29, 0.717) is 0 Å². The molecule has 0 radical (unpaired) electrons. The molecule has 0 amide bonds. The molecule has 5 nitrogen and oxygen atoms in total. The molecule has 35 heavy (non-hydrogen) atoms. The van der Waals surface area contributed by atoms with E-state index in [1.54, 1.807) is 0 Å². The van der Waals surface area contributed by atoms with Crippen LogP contribution in [0.5, 0.6) is 0 Å². The molecule has 2 saturated heterocycles. The first kappa shape index (κ1) is 28.4. The molecule has 1 unspecified atom stereocenters. The highest BCUT2D eigenvalue weighted by Gasteiger charge is 2.51. The first-order valence-corrected chi connectivity index (χ1v) is 12.8. The lowest BCUT2D eigenvalue weighted by Crippen LogP contribution is -2.58. The number of piperidine rings is 1. The molecule has 1 spiro atoms. The van der Waals surface area contributed by atoms with Crippen molar-refractivity contribution in [2.75, 3.05) is 26.2 Å². The summed E-state index contributed by atoms with van der Waals surface area (Å²) in [7, 11) is 0. The number of allylic oxidation sites excluding steroid dienone is 2. The summed E-state index contributed by atoms with van der Waals surface area (Å²) in [5.41, 5.74) is 5.04. The van der Waals surface area contributed by atoms with Gasteiger partial charge >= 0.3 is 0 Å². The van der Waals surface area contributed by atoms with E-state index in [1.165, 1.54) is 61.1 Å². The lowest BCUT2D eigenvalue weighted by atomic mass is 9.75. The number of hydrogen-bond acceptors (Lipinski definition) is 5. The summed E-state index contributed by atoms with van der Waals surface area (Å²) in [6.45, 7) is 4.78. The highest BCUT2D eigenvalue weighted by molar-refractivity contribution is 9.18. The van der Waals surface area contributed by atoms with Crippen molar-refractivity contribution in [1.29, 1.82) is 0 Å². The van der Waals surface area contributed by atoms with Gasteiger partial charge in [0.25, 0.3) is 0 Å². The van der Waals surface area contributed by atoms with Gasteiger partial charge in [-0.2, -0.15) is 0 Å². The largest absolute Gasteiger partial charge is 0.300 e. The van der Waals surface area contributed by atoms with Crippen molar-refractivity contribution in [3.63, 3.8) is 0 Å². The standard InChI is InChI=1S/C26H30BrN5.3ClH/c27-25-24-7-3-6-23-21(17-20-5-4-11-28-18-20)19-32(26(23,24)10-12-29-25)31-15-8-22(9-16-31)30-13-1-2-14-30;;;/h4-7,10-12,18-19,22H,1-3,8-9,13-17H2;3*1H. The minimum atomic E-state index is -0.281. The summed E-state index contributed by atoms with van der Waals surface area (Å²) < 4.78 is 0.957. The summed E-state index contributed by atoms with van der Waals surface area (Å²) in [6, 6.07) is 4.96. The lowest BCUT2D eigenvalue weighted by Gasteiger charge is -2.50. The second-order valence-electron chi connectivity index (χ2n) is 9.44. The maximum absolute atomic E-state index is 4.59. The highest BCUT2D eigenvalue weighted by atomic mass is 79.9. The van der Waals surface area contributed by atoms with Crippen molar-refractivity contribution in [3.8, 4) is 0 Å². The van der Waals surface area contributed by atoms with Gasteiger partial charge in [-0.3, -0.25) is 9.99 Å². The Balaban J connectivity index is 0.00000114. The molecule has 1 atom stereocenters. The van der Waals surface area contributed by atoms with Crippen molar-refractivity contribution < 1.29 is 0 Å². The number of hydrazine groups is 1. The van der Waals surface area contributed by atoms with Crippen LogP contribution < -0.4 is 0 Å². The van der Waals surface area contributed by atoms with Gasteiger partial charge in [-0.25, -0.2) is 10.0 Å². The van der Waals surface area contributed by atoms with Crippen LogP contribution >= 0.6 is 53.2 Å². The molecule has 6 rings (SSSR count). The Kier molecular flexibility index (Phi) is 9.69. The summed E-state index contributed by atoms with van der Waals surface area (Å²) in [6.07, 6.45) is 22.4.